The first kappa shape index (κ1) is 14.3. The van der Waals surface area contributed by atoms with E-state index in [-0.39, 0.29) is 18.2 Å². The topological polar surface area (TPSA) is 49.4 Å². The number of amides is 2. The Hall–Kier alpha value is -2.62. The molecule has 4 nitrogen and oxygen atoms in total. The average molecular weight is 294 g/mol. The number of imide groups is 1. The fourth-order valence-corrected chi connectivity index (χ4v) is 2.76. The minimum Gasteiger partial charge on any atom is -0.373 e. The summed E-state index contributed by atoms with van der Waals surface area (Å²) in [4.78, 5) is 26.3. The Balaban J connectivity index is 1.86. The van der Waals surface area contributed by atoms with Crippen molar-refractivity contribution in [3.63, 3.8) is 0 Å². The molecule has 0 saturated carbocycles. The maximum Gasteiger partial charge on any atom is 0.256 e. The number of anilines is 2. The van der Waals surface area contributed by atoms with E-state index in [1.165, 1.54) is 4.90 Å². The van der Waals surface area contributed by atoms with Crippen LogP contribution in [0.1, 0.15) is 18.9 Å². The molecule has 0 radical (unpaired) electrons. The first-order valence-corrected chi connectivity index (χ1v) is 7.47. The van der Waals surface area contributed by atoms with Gasteiger partial charge in [-0.3, -0.25) is 9.59 Å². The molecular formula is C18H18N2O2. The summed E-state index contributed by atoms with van der Waals surface area (Å²) in [6, 6.07) is 16.5. The number of nitrogens with one attached hydrogen (secondary N) is 1. The molecule has 1 saturated heterocycles. The van der Waals surface area contributed by atoms with E-state index in [2.05, 4.69) is 5.32 Å². The Morgan fingerprint density at radius 2 is 1.73 bits per heavy atom. The van der Waals surface area contributed by atoms with Crippen LogP contribution >= 0.6 is 0 Å². The van der Waals surface area contributed by atoms with Crippen LogP contribution in [-0.2, 0) is 16.0 Å². The second-order valence-electron chi connectivity index (χ2n) is 5.32. The summed E-state index contributed by atoms with van der Waals surface area (Å²) in [6.07, 6.45) is 0.968. The monoisotopic (exact) mass is 294 g/mol. The van der Waals surface area contributed by atoms with Gasteiger partial charge in [-0.1, -0.05) is 43.3 Å². The third kappa shape index (κ3) is 2.60. The van der Waals surface area contributed by atoms with E-state index in [1.807, 2.05) is 61.5 Å². The molecule has 1 aliphatic rings. The molecule has 112 valence electrons. The van der Waals surface area contributed by atoms with Crippen molar-refractivity contribution in [1.82, 2.24) is 0 Å². The standard InChI is InChI=1S/C18H18N2O2/c1-2-13-8-6-7-11-16(13)20-17(21)12-15(18(20)22)19-14-9-4-3-5-10-14/h3-11,15,19H,2,12H2,1H3/t15-/m0/s1. The number of para-hydroxylation sites is 2. The van der Waals surface area contributed by atoms with Gasteiger partial charge in [0.15, 0.2) is 0 Å². The molecule has 2 amide bonds. The summed E-state index contributed by atoms with van der Waals surface area (Å²) in [5.41, 5.74) is 2.56. The van der Waals surface area contributed by atoms with Crippen LogP contribution in [0.4, 0.5) is 11.4 Å². The highest BCUT2D eigenvalue weighted by molar-refractivity contribution is 6.23. The van der Waals surface area contributed by atoms with Gasteiger partial charge in [0.2, 0.25) is 5.91 Å². The zero-order valence-electron chi connectivity index (χ0n) is 12.5. The zero-order chi connectivity index (χ0) is 15.5. The summed E-state index contributed by atoms with van der Waals surface area (Å²) < 4.78 is 0. The summed E-state index contributed by atoms with van der Waals surface area (Å²) in [5, 5.41) is 3.15. The van der Waals surface area contributed by atoms with E-state index < -0.39 is 6.04 Å². The van der Waals surface area contributed by atoms with Gasteiger partial charge < -0.3 is 5.32 Å². The highest BCUT2D eigenvalue weighted by atomic mass is 16.2. The number of carbonyl (C=O) groups is 2. The van der Waals surface area contributed by atoms with Crippen molar-refractivity contribution in [2.24, 2.45) is 0 Å². The number of rotatable bonds is 4. The maximum atomic E-state index is 12.6. The lowest BCUT2D eigenvalue weighted by molar-refractivity contribution is -0.121. The Labute approximate surface area is 129 Å². The number of hydrogen-bond acceptors (Lipinski definition) is 3. The van der Waals surface area contributed by atoms with E-state index in [1.54, 1.807) is 0 Å². The molecule has 1 N–H and O–H groups in total. The number of nitrogens with zero attached hydrogens (tertiary/aromatic N) is 1. The van der Waals surface area contributed by atoms with Crippen LogP contribution in [0.3, 0.4) is 0 Å². The molecule has 0 unspecified atom stereocenters. The third-order valence-corrected chi connectivity index (χ3v) is 3.87. The minimum atomic E-state index is -0.500. The van der Waals surface area contributed by atoms with Crippen LogP contribution in [0.5, 0.6) is 0 Å². The molecule has 1 atom stereocenters. The van der Waals surface area contributed by atoms with Crippen molar-refractivity contribution in [1.29, 1.82) is 0 Å². The summed E-state index contributed by atoms with van der Waals surface area (Å²) in [6.45, 7) is 2.02. The smallest absolute Gasteiger partial charge is 0.256 e. The molecule has 1 fully saturated rings. The van der Waals surface area contributed by atoms with Crippen molar-refractivity contribution in [2.75, 3.05) is 10.2 Å². The highest BCUT2D eigenvalue weighted by Gasteiger charge is 2.40. The lowest BCUT2D eigenvalue weighted by Gasteiger charge is -2.18. The molecule has 0 bridgehead atoms. The predicted octanol–water partition coefficient (Wildman–Crippen LogP) is 2.99. The van der Waals surface area contributed by atoms with Crippen molar-refractivity contribution in [3.8, 4) is 0 Å². The molecule has 2 aromatic carbocycles. The van der Waals surface area contributed by atoms with E-state index in [9.17, 15) is 9.59 Å². The van der Waals surface area contributed by atoms with Crippen LogP contribution in [0.25, 0.3) is 0 Å². The van der Waals surface area contributed by atoms with E-state index in [4.69, 9.17) is 0 Å². The van der Waals surface area contributed by atoms with Crippen LogP contribution in [0.2, 0.25) is 0 Å². The van der Waals surface area contributed by atoms with Gasteiger partial charge in [0.1, 0.15) is 6.04 Å². The molecule has 1 heterocycles. The molecule has 22 heavy (non-hydrogen) atoms. The molecule has 3 rings (SSSR count). The van der Waals surface area contributed by atoms with Gasteiger partial charge in [0, 0.05) is 5.69 Å². The predicted molar refractivity (Wildman–Crippen MR) is 86.8 cm³/mol. The highest BCUT2D eigenvalue weighted by Crippen LogP contribution is 2.28. The van der Waals surface area contributed by atoms with Crippen molar-refractivity contribution >= 4 is 23.2 Å². The molecule has 1 aliphatic heterocycles. The Kier molecular flexibility index (Phi) is 3.92. The first-order chi connectivity index (χ1) is 10.7. The second-order valence-corrected chi connectivity index (χ2v) is 5.32. The normalized spacial score (nSPS) is 17.9. The SMILES string of the molecule is CCc1ccccc1N1C(=O)C[C@H](Nc2ccccc2)C1=O. The van der Waals surface area contributed by atoms with Crippen molar-refractivity contribution in [2.45, 2.75) is 25.8 Å². The first-order valence-electron chi connectivity index (χ1n) is 7.47. The van der Waals surface area contributed by atoms with E-state index >= 15 is 0 Å². The number of hydrogen-bond donors (Lipinski definition) is 1. The minimum absolute atomic E-state index is 0.153. The van der Waals surface area contributed by atoms with Crippen LogP contribution in [0, 0.1) is 0 Å². The molecule has 0 aliphatic carbocycles. The number of benzene rings is 2. The van der Waals surface area contributed by atoms with E-state index in [0.29, 0.717) is 5.69 Å². The lowest BCUT2D eigenvalue weighted by atomic mass is 10.1. The lowest BCUT2D eigenvalue weighted by Crippen LogP contribution is -2.35. The number of aryl methyl sites for hydroxylation is 1. The summed E-state index contributed by atoms with van der Waals surface area (Å²) in [7, 11) is 0. The van der Waals surface area contributed by atoms with Crippen molar-refractivity contribution in [3.05, 3.63) is 60.2 Å². The van der Waals surface area contributed by atoms with Crippen molar-refractivity contribution < 1.29 is 9.59 Å². The van der Waals surface area contributed by atoms with Gasteiger partial charge in [-0.15, -0.1) is 0 Å². The van der Waals surface area contributed by atoms with Gasteiger partial charge in [0.25, 0.3) is 5.91 Å². The molecule has 0 spiro atoms. The second kappa shape index (κ2) is 6.02. The van der Waals surface area contributed by atoms with Gasteiger partial charge in [-0.05, 0) is 30.2 Å². The van der Waals surface area contributed by atoms with Gasteiger partial charge in [-0.25, -0.2) is 4.90 Å². The van der Waals surface area contributed by atoms with Crippen LogP contribution < -0.4 is 10.2 Å². The fraction of sp³-hybridized carbons (Fsp3) is 0.222. The third-order valence-electron chi connectivity index (χ3n) is 3.87. The Bertz CT molecular complexity index is 697. The van der Waals surface area contributed by atoms with Crippen LogP contribution in [-0.4, -0.2) is 17.9 Å². The Morgan fingerprint density at radius 1 is 1.05 bits per heavy atom. The molecular weight excluding hydrogens is 276 g/mol. The van der Waals surface area contributed by atoms with Gasteiger partial charge in [0.05, 0.1) is 12.1 Å². The fourth-order valence-electron chi connectivity index (χ4n) is 2.76. The molecule has 4 heteroatoms. The average Bonchev–Trinajstić information content (AvgIpc) is 2.82. The zero-order valence-corrected chi connectivity index (χ0v) is 12.5. The summed E-state index contributed by atoms with van der Waals surface area (Å²) in [5.74, 6) is -0.339. The van der Waals surface area contributed by atoms with Gasteiger partial charge in [-0.2, -0.15) is 0 Å². The van der Waals surface area contributed by atoms with Gasteiger partial charge >= 0.3 is 0 Å². The van der Waals surface area contributed by atoms with E-state index in [0.717, 1.165) is 17.7 Å². The number of carbonyl (C=O) groups excluding carboxylic acids is 2. The summed E-state index contributed by atoms with van der Waals surface area (Å²) >= 11 is 0. The Morgan fingerprint density at radius 3 is 2.45 bits per heavy atom. The molecule has 2 aromatic rings. The maximum absolute atomic E-state index is 12.6. The quantitative estimate of drug-likeness (QED) is 0.882. The largest absolute Gasteiger partial charge is 0.373 e. The van der Waals surface area contributed by atoms with Crippen LogP contribution in [0.15, 0.2) is 54.6 Å². The molecule has 0 aromatic heterocycles.